The van der Waals surface area contributed by atoms with Crippen LogP contribution in [-0.2, 0) is 19.1 Å². The maximum atomic E-state index is 12.2. The predicted octanol–water partition coefficient (Wildman–Crippen LogP) is -0.241. The Bertz CT molecular complexity index is 660. The summed E-state index contributed by atoms with van der Waals surface area (Å²) in [6.45, 7) is 5.46. The van der Waals surface area contributed by atoms with Crippen molar-refractivity contribution in [3.63, 3.8) is 0 Å². The highest BCUT2D eigenvalue weighted by molar-refractivity contribution is 5.95. The van der Waals surface area contributed by atoms with E-state index >= 15 is 0 Å². The van der Waals surface area contributed by atoms with E-state index < -0.39 is 18.0 Å². The Balaban J connectivity index is 2.62. The molecule has 142 valence electrons. The first-order valence-electron chi connectivity index (χ1n) is 8.17. The molecule has 0 aliphatic carbocycles. The van der Waals surface area contributed by atoms with Gasteiger partial charge in [0.1, 0.15) is 0 Å². The highest BCUT2D eigenvalue weighted by Gasteiger charge is 2.27. The van der Waals surface area contributed by atoms with Crippen LogP contribution < -0.4 is 20.9 Å². The van der Waals surface area contributed by atoms with Crippen molar-refractivity contribution in [2.24, 2.45) is 0 Å². The summed E-state index contributed by atoms with van der Waals surface area (Å²) in [7, 11) is 1.17. The largest absolute Gasteiger partial charge is 0.453 e. The van der Waals surface area contributed by atoms with Gasteiger partial charge in [-0.05, 0) is 38.1 Å². The van der Waals surface area contributed by atoms with E-state index in [1.807, 2.05) is 6.92 Å². The van der Waals surface area contributed by atoms with Crippen LogP contribution in [0.2, 0.25) is 0 Å². The minimum absolute atomic E-state index is 0.0553. The zero-order valence-corrected chi connectivity index (χ0v) is 15.3. The molecule has 1 aromatic carbocycles. The molecule has 0 heterocycles. The minimum Gasteiger partial charge on any atom is -0.453 e. The van der Waals surface area contributed by atoms with Crippen molar-refractivity contribution < 1.29 is 28.8 Å². The van der Waals surface area contributed by atoms with Crippen molar-refractivity contribution in [2.75, 3.05) is 30.8 Å². The summed E-state index contributed by atoms with van der Waals surface area (Å²) in [6, 6.07) is 6.08. The van der Waals surface area contributed by atoms with Gasteiger partial charge in [0.25, 0.3) is 11.8 Å². The summed E-state index contributed by atoms with van der Waals surface area (Å²) in [5.41, 5.74) is 1.20. The average Bonchev–Trinajstić information content (AvgIpc) is 2.60. The van der Waals surface area contributed by atoms with Crippen LogP contribution in [0.3, 0.4) is 0 Å². The van der Waals surface area contributed by atoms with E-state index in [-0.39, 0.29) is 18.4 Å². The molecule has 4 N–H and O–H groups in total. The first-order chi connectivity index (χ1) is 12.3. The lowest BCUT2D eigenvalue weighted by Gasteiger charge is -2.23. The Morgan fingerprint density at radius 3 is 2.08 bits per heavy atom. The number of hydrogen-bond acceptors (Lipinski definition) is 5. The van der Waals surface area contributed by atoms with Gasteiger partial charge < -0.3 is 20.3 Å². The second-order valence-electron chi connectivity index (χ2n) is 5.70. The molecule has 1 unspecified atom stereocenters. The summed E-state index contributed by atoms with van der Waals surface area (Å²) in [5, 5.41) is 7.48. The number of ether oxygens (including phenoxy) is 1. The molecule has 0 aliphatic rings. The summed E-state index contributed by atoms with van der Waals surface area (Å²) in [6.07, 6.45) is -0.832. The van der Waals surface area contributed by atoms with Gasteiger partial charge in [-0.25, -0.2) is 4.79 Å². The Morgan fingerprint density at radius 2 is 1.62 bits per heavy atom. The number of carbonyl (C=O) groups is 4. The Labute approximate surface area is 152 Å². The van der Waals surface area contributed by atoms with Crippen LogP contribution in [0.4, 0.5) is 16.2 Å². The van der Waals surface area contributed by atoms with Gasteiger partial charge in [-0.2, -0.15) is 0 Å². The number of benzene rings is 1. The maximum Gasteiger partial charge on any atom is 0.413 e. The summed E-state index contributed by atoms with van der Waals surface area (Å²) in [5.74, 6) is -0.962. The van der Waals surface area contributed by atoms with Gasteiger partial charge in [0.15, 0.2) is 12.6 Å². The average molecular weight is 365 g/mol. The number of imide groups is 1. The first-order valence-corrected chi connectivity index (χ1v) is 8.17. The molecule has 0 fully saturated rings. The number of hydrogen-bond donors (Lipinski definition) is 4. The van der Waals surface area contributed by atoms with Crippen LogP contribution in [0.15, 0.2) is 24.3 Å². The van der Waals surface area contributed by atoms with Crippen LogP contribution in [0.25, 0.3) is 0 Å². The number of likely N-dealkylation sites (N-methyl/N-ethyl adjacent to an activating group) is 1. The third-order valence-corrected chi connectivity index (χ3v) is 3.75. The van der Waals surface area contributed by atoms with Gasteiger partial charge in [-0.1, -0.05) is 0 Å². The normalized spacial score (nSPS) is 12.5. The molecule has 0 aliphatic heterocycles. The number of carbonyl (C=O) groups excluding carboxylic acids is 4. The van der Waals surface area contributed by atoms with Crippen LogP contribution in [0.5, 0.6) is 0 Å². The number of rotatable bonds is 7. The monoisotopic (exact) mass is 365 g/mol. The third kappa shape index (κ3) is 6.89. The van der Waals surface area contributed by atoms with Crippen molar-refractivity contribution in [1.29, 1.82) is 0 Å². The summed E-state index contributed by atoms with van der Waals surface area (Å²) >= 11 is 0. The van der Waals surface area contributed by atoms with Gasteiger partial charge in [0.05, 0.1) is 13.7 Å². The Hall–Kier alpha value is -2.94. The molecule has 2 atom stereocenters. The lowest BCUT2D eigenvalue weighted by Crippen LogP contribution is -3.17. The van der Waals surface area contributed by atoms with Crippen molar-refractivity contribution in [3.8, 4) is 0 Å². The molecule has 0 saturated heterocycles. The van der Waals surface area contributed by atoms with E-state index in [2.05, 4.69) is 20.7 Å². The molecule has 26 heavy (non-hydrogen) atoms. The van der Waals surface area contributed by atoms with E-state index in [0.717, 1.165) is 0 Å². The third-order valence-electron chi connectivity index (χ3n) is 3.75. The van der Waals surface area contributed by atoms with Gasteiger partial charge in [0, 0.05) is 18.3 Å². The highest BCUT2D eigenvalue weighted by atomic mass is 16.5. The first kappa shape index (κ1) is 21.1. The van der Waals surface area contributed by atoms with E-state index in [9.17, 15) is 19.2 Å². The standard InChI is InChI=1S/C17H24N4O5/c1-5-21(11(2)16(24)20-17(25)26-4)10-15(23)19-14-8-6-13(7-9-14)18-12(3)22/h6-9,11H,5,10H2,1-4H3,(H,18,22)(H,19,23)(H,20,24,25)/p+1/t11-/m1/s1. The second kappa shape index (κ2) is 10.1. The molecule has 0 bridgehead atoms. The highest BCUT2D eigenvalue weighted by Crippen LogP contribution is 2.13. The summed E-state index contributed by atoms with van der Waals surface area (Å²) < 4.78 is 4.39. The maximum absolute atomic E-state index is 12.2. The van der Waals surface area contributed by atoms with Gasteiger partial charge in [-0.15, -0.1) is 0 Å². The molecular formula is C17H25N4O5+. The zero-order chi connectivity index (χ0) is 19.7. The van der Waals surface area contributed by atoms with Gasteiger partial charge >= 0.3 is 6.09 Å². The van der Waals surface area contributed by atoms with Crippen molar-refractivity contribution >= 4 is 35.2 Å². The molecule has 4 amide bonds. The zero-order valence-electron chi connectivity index (χ0n) is 15.3. The fourth-order valence-electron chi connectivity index (χ4n) is 2.28. The number of methoxy groups -OCH3 is 1. The van der Waals surface area contributed by atoms with Crippen molar-refractivity contribution in [1.82, 2.24) is 5.32 Å². The molecule has 0 radical (unpaired) electrons. The van der Waals surface area contributed by atoms with Crippen LogP contribution in [0.1, 0.15) is 20.8 Å². The van der Waals surface area contributed by atoms with Crippen molar-refractivity contribution in [2.45, 2.75) is 26.8 Å². The molecule has 1 rings (SSSR count). The molecular weight excluding hydrogens is 340 g/mol. The molecule has 9 heteroatoms. The SMILES string of the molecule is CC[NH+](CC(=O)Nc1ccc(NC(C)=O)cc1)[C@H](C)C(=O)NC(=O)OC. The number of alkyl carbamates (subject to hydrolysis) is 1. The molecule has 0 aromatic heterocycles. The second-order valence-corrected chi connectivity index (χ2v) is 5.70. The lowest BCUT2D eigenvalue weighted by molar-refractivity contribution is -0.904. The fraction of sp³-hybridized carbons (Fsp3) is 0.412. The number of amides is 4. The van der Waals surface area contributed by atoms with Crippen molar-refractivity contribution in [3.05, 3.63) is 24.3 Å². The minimum atomic E-state index is -0.832. The molecule has 9 nitrogen and oxygen atoms in total. The molecule has 0 saturated carbocycles. The Morgan fingerprint density at radius 1 is 1.08 bits per heavy atom. The van der Waals surface area contributed by atoms with Crippen LogP contribution >= 0.6 is 0 Å². The topological polar surface area (TPSA) is 118 Å². The molecule has 0 spiro atoms. The number of anilines is 2. The van der Waals surface area contributed by atoms with E-state index in [1.54, 1.807) is 31.2 Å². The lowest BCUT2D eigenvalue weighted by atomic mass is 10.2. The van der Waals surface area contributed by atoms with E-state index in [1.165, 1.54) is 14.0 Å². The van der Waals surface area contributed by atoms with E-state index in [4.69, 9.17) is 0 Å². The van der Waals surface area contributed by atoms with E-state index in [0.29, 0.717) is 22.8 Å². The quantitative estimate of drug-likeness (QED) is 0.532. The fourth-order valence-corrected chi connectivity index (χ4v) is 2.28. The molecule has 1 aromatic rings. The smallest absolute Gasteiger partial charge is 0.413 e. The Kier molecular flexibility index (Phi) is 8.23. The van der Waals surface area contributed by atoms with Crippen LogP contribution in [0, 0.1) is 0 Å². The predicted molar refractivity (Wildman–Crippen MR) is 95.8 cm³/mol. The summed E-state index contributed by atoms with van der Waals surface area (Å²) in [4.78, 5) is 47.0. The number of nitrogens with one attached hydrogen (secondary N) is 4. The number of quaternary nitrogens is 1. The van der Waals surface area contributed by atoms with Gasteiger partial charge in [0.2, 0.25) is 5.91 Å². The van der Waals surface area contributed by atoms with Gasteiger partial charge in [-0.3, -0.25) is 19.7 Å². The van der Waals surface area contributed by atoms with Crippen LogP contribution in [-0.4, -0.2) is 50.1 Å².